The molecule has 2 aromatic heterocycles. The van der Waals surface area contributed by atoms with E-state index in [2.05, 4.69) is 25.6 Å². The Kier molecular flexibility index (Phi) is 4.41. The van der Waals surface area contributed by atoms with E-state index >= 15 is 0 Å². The van der Waals surface area contributed by atoms with Gasteiger partial charge in [-0.3, -0.25) is 4.79 Å². The Bertz CT molecular complexity index is 891. The van der Waals surface area contributed by atoms with E-state index in [9.17, 15) is 4.79 Å². The molecule has 8 nitrogen and oxygen atoms in total. The second-order valence-corrected chi connectivity index (χ2v) is 6.97. The van der Waals surface area contributed by atoms with Gasteiger partial charge in [-0.25, -0.2) is 9.67 Å². The minimum Gasteiger partial charge on any atom is -0.323 e. The Morgan fingerprint density at radius 2 is 2.24 bits per heavy atom. The van der Waals surface area contributed by atoms with Crippen molar-refractivity contribution in [3.63, 3.8) is 0 Å². The summed E-state index contributed by atoms with van der Waals surface area (Å²) < 4.78 is 3.60. The molecule has 0 atom stereocenters. The first kappa shape index (κ1) is 16.1. The molecule has 0 saturated heterocycles. The van der Waals surface area contributed by atoms with Crippen LogP contribution in [-0.2, 0) is 4.79 Å². The van der Waals surface area contributed by atoms with E-state index in [-0.39, 0.29) is 11.7 Å². The highest BCUT2D eigenvalue weighted by molar-refractivity contribution is 7.99. The van der Waals surface area contributed by atoms with Crippen molar-refractivity contribution in [2.24, 2.45) is 0 Å². The number of amides is 1. The molecule has 1 aromatic carbocycles. The van der Waals surface area contributed by atoms with Crippen molar-refractivity contribution in [1.29, 1.82) is 0 Å². The lowest BCUT2D eigenvalue weighted by atomic mass is 10.2. The van der Waals surface area contributed by atoms with Crippen molar-refractivity contribution >= 4 is 35.0 Å². The van der Waals surface area contributed by atoms with Gasteiger partial charge in [0.05, 0.1) is 17.1 Å². The highest BCUT2D eigenvalue weighted by Crippen LogP contribution is 2.37. The topological polar surface area (TPSA) is 90.5 Å². The van der Waals surface area contributed by atoms with Gasteiger partial charge in [0.25, 0.3) is 0 Å². The number of nitrogens with zero attached hydrogens (tertiary/aromatic N) is 6. The van der Waals surface area contributed by atoms with Crippen LogP contribution in [-0.4, -0.2) is 41.2 Å². The Labute approximate surface area is 152 Å². The van der Waals surface area contributed by atoms with Crippen LogP contribution in [0.4, 0.5) is 5.69 Å². The van der Waals surface area contributed by atoms with Gasteiger partial charge in [0, 0.05) is 11.1 Å². The molecule has 0 radical (unpaired) electrons. The van der Waals surface area contributed by atoms with Crippen LogP contribution in [0.5, 0.6) is 0 Å². The molecule has 128 valence electrons. The molecular formula is C15H14ClN7OS. The molecule has 1 saturated carbocycles. The lowest BCUT2D eigenvalue weighted by Gasteiger charge is -2.11. The zero-order valence-electron chi connectivity index (χ0n) is 13.0. The largest absolute Gasteiger partial charge is 0.323 e. The first-order chi connectivity index (χ1) is 12.2. The van der Waals surface area contributed by atoms with Crippen LogP contribution in [0.25, 0.3) is 5.69 Å². The van der Waals surface area contributed by atoms with Crippen LogP contribution in [0.1, 0.15) is 18.9 Å². The minimum atomic E-state index is -0.154. The molecule has 25 heavy (non-hydrogen) atoms. The smallest absolute Gasteiger partial charge is 0.234 e. The zero-order chi connectivity index (χ0) is 17.2. The number of nitrogens with one attached hydrogen (secondary N) is 1. The summed E-state index contributed by atoms with van der Waals surface area (Å²) in [4.78, 5) is 16.3. The number of carbonyl (C=O) groups excluding carboxylic acids is 1. The van der Waals surface area contributed by atoms with Gasteiger partial charge in [0.15, 0.2) is 5.16 Å². The monoisotopic (exact) mass is 375 g/mol. The van der Waals surface area contributed by atoms with Gasteiger partial charge in [0.2, 0.25) is 5.91 Å². The number of rotatable bonds is 6. The van der Waals surface area contributed by atoms with E-state index in [0.717, 1.165) is 18.0 Å². The van der Waals surface area contributed by atoms with Crippen molar-refractivity contribution < 1.29 is 4.79 Å². The number of anilines is 1. The summed E-state index contributed by atoms with van der Waals surface area (Å²) >= 11 is 7.43. The van der Waals surface area contributed by atoms with E-state index in [4.69, 9.17) is 11.6 Å². The third kappa shape index (κ3) is 3.67. The summed E-state index contributed by atoms with van der Waals surface area (Å²) in [5, 5.41) is 16.3. The normalized spacial score (nSPS) is 13.8. The lowest BCUT2D eigenvalue weighted by molar-refractivity contribution is -0.113. The molecule has 0 spiro atoms. The summed E-state index contributed by atoms with van der Waals surface area (Å²) in [6.45, 7) is 0. The fourth-order valence-corrected chi connectivity index (χ4v) is 3.35. The van der Waals surface area contributed by atoms with Gasteiger partial charge >= 0.3 is 0 Å². The molecule has 1 amide bonds. The average Bonchev–Trinajstić information content (AvgIpc) is 3.10. The van der Waals surface area contributed by atoms with Crippen molar-refractivity contribution in [2.45, 2.75) is 24.0 Å². The summed E-state index contributed by atoms with van der Waals surface area (Å²) in [5.41, 5.74) is 1.27. The molecule has 3 aromatic rings. The number of aromatic nitrogens is 6. The van der Waals surface area contributed by atoms with Crippen molar-refractivity contribution in [3.8, 4) is 5.69 Å². The SMILES string of the molecule is O=C(CSc1nncn1C1CC1)Nc1cc(Cl)ccc1-n1cncn1. The fraction of sp³-hybridized carbons (Fsp3) is 0.267. The molecule has 10 heteroatoms. The molecule has 2 heterocycles. The summed E-state index contributed by atoms with van der Waals surface area (Å²) in [5.74, 6) is 0.0772. The quantitative estimate of drug-likeness (QED) is 0.666. The van der Waals surface area contributed by atoms with Crippen molar-refractivity contribution in [2.75, 3.05) is 11.1 Å². The number of thioether (sulfide) groups is 1. The number of carbonyl (C=O) groups is 1. The molecule has 1 aliphatic carbocycles. The van der Waals surface area contributed by atoms with Crippen molar-refractivity contribution in [1.82, 2.24) is 29.5 Å². The predicted molar refractivity (Wildman–Crippen MR) is 94.0 cm³/mol. The maximum atomic E-state index is 12.4. The highest BCUT2D eigenvalue weighted by Gasteiger charge is 2.26. The lowest BCUT2D eigenvalue weighted by Crippen LogP contribution is -2.16. The summed E-state index contributed by atoms with van der Waals surface area (Å²) in [6.07, 6.45) is 6.99. The Morgan fingerprint density at radius 3 is 3.00 bits per heavy atom. The van der Waals surface area contributed by atoms with Gasteiger partial charge < -0.3 is 9.88 Å². The summed E-state index contributed by atoms with van der Waals surface area (Å²) in [7, 11) is 0. The van der Waals surface area contributed by atoms with Gasteiger partial charge in [0.1, 0.15) is 19.0 Å². The maximum Gasteiger partial charge on any atom is 0.234 e. The Hall–Kier alpha value is -2.39. The van der Waals surface area contributed by atoms with Gasteiger partial charge in [-0.15, -0.1) is 10.2 Å². The van der Waals surface area contributed by atoms with E-state index in [1.54, 1.807) is 35.5 Å². The van der Waals surface area contributed by atoms with Crippen LogP contribution >= 0.6 is 23.4 Å². The third-order valence-electron chi connectivity index (χ3n) is 3.71. The first-order valence-electron chi connectivity index (χ1n) is 7.67. The van der Waals surface area contributed by atoms with E-state index < -0.39 is 0 Å². The van der Waals surface area contributed by atoms with Crippen LogP contribution in [0.15, 0.2) is 42.3 Å². The van der Waals surface area contributed by atoms with E-state index in [1.165, 1.54) is 18.1 Å². The fourth-order valence-electron chi connectivity index (χ4n) is 2.40. The third-order valence-corrected chi connectivity index (χ3v) is 4.90. The molecular weight excluding hydrogens is 362 g/mol. The molecule has 1 aliphatic rings. The first-order valence-corrected chi connectivity index (χ1v) is 9.04. The minimum absolute atomic E-state index is 0.154. The predicted octanol–water partition coefficient (Wildman–Crippen LogP) is 2.58. The molecule has 0 unspecified atom stereocenters. The van der Waals surface area contributed by atoms with Gasteiger partial charge in [-0.2, -0.15) is 5.10 Å². The molecule has 0 bridgehead atoms. The second kappa shape index (κ2) is 6.85. The number of benzene rings is 1. The molecule has 1 N–H and O–H groups in total. The second-order valence-electron chi connectivity index (χ2n) is 5.59. The van der Waals surface area contributed by atoms with Gasteiger partial charge in [-0.05, 0) is 31.0 Å². The maximum absolute atomic E-state index is 12.4. The van der Waals surface area contributed by atoms with Crippen LogP contribution in [0.2, 0.25) is 5.02 Å². The van der Waals surface area contributed by atoms with Crippen LogP contribution < -0.4 is 5.32 Å². The van der Waals surface area contributed by atoms with Crippen LogP contribution in [0, 0.1) is 0 Å². The Morgan fingerprint density at radius 1 is 1.36 bits per heavy atom. The standard InChI is InChI=1S/C15H14ClN7OS/c16-10-1-4-13(23-8-17-7-19-23)12(5-10)20-14(24)6-25-15-21-18-9-22(15)11-2-3-11/h1,4-5,7-9,11H,2-3,6H2,(H,20,24). The highest BCUT2D eigenvalue weighted by atomic mass is 35.5. The summed E-state index contributed by atoms with van der Waals surface area (Å²) in [6, 6.07) is 5.69. The van der Waals surface area contributed by atoms with E-state index in [1.807, 2.05) is 4.57 Å². The molecule has 0 aliphatic heterocycles. The number of halogens is 1. The van der Waals surface area contributed by atoms with Crippen LogP contribution in [0.3, 0.4) is 0 Å². The van der Waals surface area contributed by atoms with Crippen molar-refractivity contribution in [3.05, 3.63) is 42.2 Å². The Balaban J connectivity index is 1.45. The number of hydrogen-bond donors (Lipinski definition) is 1. The number of hydrogen-bond acceptors (Lipinski definition) is 6. The average molecular weight is 376 g/mol. The van der Waals surface area contributed by atoms with E-state index in [0.29, 0.717) is 22.4 Å². The van der Waals surface area contributed by atoms with Gasteiger partial charge in [-0.1, -0.05) is 23.4 Å². The molecule has 1 fully saturated rings. The zero-order valence-corrected chi connectivity index (χ0v) is 14.6. The molecule has 4 rings (SSSR count).